The number of aromatic nitrogens is 1. The van der Waals surface area contributed by atoms with E-state index >= 15 is 0 Å². The maximum Gasteiger partial charge on any atom is 0.325 e. The van der Waals surface area contributed by atoms with E-state index in [1.165, 1.54) is 17.7 Å². The summed E-state index contributed by atoms with van der Waals surface area (Å²) in [6, 6.07) is 5.77. The lowest BCUT2D eigenvalue weighted by atomic mass is 10.0. The van der Waals surface area contributed by atoms with Gasteiger partial charge in [0.2, 0.25) is 0 Å². The molecule has 36 heavy (non-hydrogen) atoms. The first-order valence-corrected chi connectivity index (χ1v) is 12.9. The lowest BCUT2D eigenvalue weighted by Gasteiger charge is -2.30. The molecule has 1 aromatic heterocycles. The van der Waals surface area contributed by atoms with Gasteiger partial charge < -0.3 is 24.6 Å². The molecule has 1 saturated heterocycles. The van der Waals surface area contributed by atoms with E-state index in [2.05, 4.69) is 17.4 Å². The van der Waals surface area contributed by atoms with Crippen LogP contribution in [0.3, 0.4) is 0 Å². The second-order valence-corrected chi connectivity index (χ2v) is 9.88. The third kappa shape index (κ3) is 5.57. The second-order valence-electron chi connectivity index (χ2n) is 9.88. The van der Waals surface area contributed by atoms with Crippen molar-refractivity contribution < 1.29 is 28.5 Å². The summed E-state index contributed by atoms with van der Waals surface area (Å²) in [6.45, 7) is 4.76. The van der Waals surface area contributed by atoms with Crippen LogP contribution in [-0.4, -0.2) is 66.0 Å². The Morgan fingerprint density at radius 3 is 3.11 bits per heavy atom. The predicted octanol–water partition coefficient (Wildman–Crippen LogP) is 3.98. The first kappa shape index (κ1) is 24.8. The van der Waals surface area contributed by atoms with Crippen LogP contribution in [0.15, 0.2) is 24.3 Å². The number of fused-ring (bicyclic) bond motifs is 2. The largest absolute Gasteiger partial charge is 0.486 e. The first-order chi connectivity index (χ1) is 17.5. The third-order valence-electron chi connectivity index (χ3n) is 7.04. The number of carbonyl (C=O) groups is 1. The number of aliphatic carboxylic acids is 1. The van der Waals surface area contributed by atoms with E-state index in [-0.39, 0.29) is 23.5 Å². The molecule has 0 saturated carbocycles. The minimum atomic E-state index is -1.04. The number of unbranched alkanes of at least 4 members (excludes halogenated alkanes) is 1. The Morgan fingerprint density at radius 2 is 2.25 bits per heavy atom. The molecule has 8 nitrogen and oxygen atoms in total. The van der Waals surface area contributed by atoms with Crippen molar-refractivity contribution in [1.82, 2.24) is 9.88 Å². The number of halogens is 1. The number of likely N-dealkylation sites (tertiary alicyclic amines) is 1. The molecule has 1 aromatic carbocycles. The van der Waals surface area contributed by atoms with Crippen LogP contribution in [0.25, 0.3) is 0 Å². The summed E-state index contributed by atoms with van der Waals surface area (Å²) >= 11 is 0. The number of pyridine rings is 1. The topological polar surface area (TPSA) is 93.2 Å². The number of nitrogens with one attached hydrogen (secondary N) is 1. The van der Waals surface area contributed by atoms with Crippen LogP contribution >= 0.6 is 0 Å². The normalized spacial score (nSPS) is 22.1. The van der Waals surface area contributed by atoms with Crippen molar-refractivity contribution in [1.29, 1.82) is 0 Å². The fraction of sp³-hybridized carbons (Fsp3) is 0.556. The van der Waals surface area contributed by atoms with Gasteiger partial charge in [-0.15, -0.1) is 0 Å². The first-order valence-electron chi connectivity index (χ1n) is 12.9. The number of rotatable bonds is 9. The molecule has 194 valence electrons. The van der Waals surface area contributed by atoms with Crippen LogP contribution in [0.5, 0.6) is 11.5 Å². The van der Waals surface area contributed by atoms with Gasteiger partial charge in [-0.1, -0.05) is 6.07 Å². The quantitative estimate of drug-likeness (QED) is 0.501. The highest BCUT2D eigenvalue weighted by Crippen LogP contribution is 2.42. The molecule has 2 aromatic rings. The van der Waals surface area contributed by atoms with E-state index in [0.717, 1.165) is 56.6 Å². The lowest BCUT2D eigenvalue weighted by molar-refractivity contribution is -0.143. The Hall–Kier alpha value is -2.91. The van der Waals surface area contributed by atoms with Gasteiger partial charge in [-0.2, -0.15) is 0 Å². The summed E-state index contributed by atoms with van der Waals surface area (Å²) in [6.07, 6.45) is 5.47. The SMILES string of the molecule is CC1COc2cc(F)cc(C(C(=O)O)N3CCC(OCCCCc4ccc5c(n4)NCCC5)C3)c2O1. The predicted molar refractivity (Wildman–Crippen MR) is 132 cm³/mol. The average molecular weight is 500 g/mol. The number of hydrogen-bond acceptors (Lipinski definition) is 7. The lowest BCUT2D eigenvalue weighted by Crippen LogP contribution is -2.35. The van der Waals surface area contributed by atoms with Crippen LogP contribution in [0, 0.1) is 5.82 Å². The highest BCUT2D eigenvalue weighted by molar-refractivity contribution is 5.77. The molecule has 1 fully saturated rings. The molecule has 2 N–H and O–H groups in total. The maximum absolute atomic E-state index is 14.3. The Kier molecular flexibility index (Phi) is 7.57. The van der Waals surface area contributed by atoms with Crippen molar-refractivity contribution in [3.05, 3.63) is 46.9 Å². The van der Waals surface area contributed by atoms with E-state index in [1.807, 2.05) is 11.8 Å². The molecular weight excluding hydrogens is 465 g/mol. The van der Waals surface area contributed by atoms with Gasteiger partial charge in [0.1, 0.15) is 30.4 Å². The van der Waals surface area contributed by atoms with Gasteiger partial charge in [-0.05, 0) is 63.1 Å². The molecular formula is C27H34FN3O5. The molecule has 3 aliphatic rings. The van der Waals surface area contributed by atoms with Crippen LogP contribution in [0.1, 0.15) is 55.5 Å². The zero-order valence-electron chi connectivity index (χ0n) is 20.7. The van der Waals surface area contributed by atoms with Crippen molar-refractivity contribution >= 4 is 11.8 Å². The molecule has 0 radical (unpaired) electrons. The van der Waals surface area contributed by atoms with Crippen molar-refractivity contribution in [2.75, 3.05) is 38.2 Å². The Labute approximate surface area is 210 Å². The van der Waals surface area contributed by atoms with Crippen LogP contribution in [0.4, 0.5) is 10.2 Å². The summed E-state index contributed by atoms with van der Waals surface area (Å²) in [5.74, 6) is 0.0186. The van der Waals surface area contributed by atoms with Gasteiger partial charge in [-0.3, -0.25) is 9.69 Å². The van der Waals surface area contributed by atoms with E-state index in [4.69, 9.17) is 19.2 Å². The Morgan fingerprint density at radius 1 is 1.36 bits per heavy atom. The smallest absolute Gasteiger partial charge is 0.325 e. The van der Waals surface area contributed by atoms with Crippen molar-refractivity contribution in [2.45, 2.75) is 63.7 Å². The van der Waals surface area contributed by atoms with Gasteiger partial charge in [-0.25, -0.2) is 9.37 Å². The molecule has 3 unspecified atom stereocenters. The molecule has 0 spiro atoms. The number of carboxylic acids is 1. The summed E-state index contributed by atoms with van der Waals surface area (Å²) < 4.78 is 31.9. The van der Waals surface area contributed by atoms with Crippen molar-refractivity contribution in [3.8, 4) is 11.5 Å². The number of aryl methyl sites for hydroxylation is 2. The van der Waals surface area contributed by atoms with E-state index < -0.39 is 17.8 Å². The van der Waals surface area contributed by atoms with Crippen molar-refractivity contribution in [3.63, 3.8) is 0 Å². The average Bonchev–Trinajstić information content (AvgIpc) is 3.32. The zero-order valence-corrected chi connectivity index (χ0v) is 20.7. The molecule has 9 heteroatoms. The van der Waals surface area contributed by atoms with Gasteiger partial charge in [0.25, 0.3) is 0 Å². The highest BCUT2D eigenvalue weighted by atomic mass is 19.1. The summed E-state index contributed by atoms with van der Waals surface area (Å²) in [7, 11) is 0. The van der Waals surface area contributed by atoms with E-state index in [9.17, 15) is 14.3 Å². The van der Waals surface area contributed by atoms with Gasteiger partial charge in [0, 0.05) is 43.6 Å². The molecule has 3 aliphatic heterocycles. The highest BCUT2D eigenvalue weighted by Gasteiger charge is 2.38. The van der Waals surface area contributed by atoms with Gasteiger partial charge >= 0.3 is 5.97 Å². The standard InChI is InChI=1S/C27H34FN3O5/c1-17-16-35-23-14-19(28)13-22(25(23)36-17)24(27(32)33)31-11-9-21(15-31)34-12-3-2-6-20-8-7-18-5-4-10-29-26(18)30-20/h7-8,13-14,17,21,24H,2-6,9-12,15-16H2,1H3,(H,29,30)(H,32,33). The number of hydrogen-bond donors (Lipinski definition) is 2. The number of benzene rings is 1. The van der Waals surface area contributed by atoms with Crippen LogP contribution < -0.4 is 14.8 Å². The van der Waals surface area contributed by atoms with Crippen LogP contribution in [0.2, 0.25) is 0 Å². The van der Waals surface area contributed by atoms with Crippen LogP contribution in [-0.2, 0) is 22.4 Å². The number of carboxylic acid groups (broad SMARTS) is 1. The van der Waals surface area contributed by atoms with Gasteiger partial charge in [0.15, 0.2) is 11.5 Å². The molecule has 0 aliphatic carbocycles. The molecule has 4 heterocycles. The Bertz CT molecular complexity index is 1100. The molecule has 5 rings (SSSR count). The third-order valence-corrected chi connectivity index (χ3v) is 7.04. The maximum atomic E-state index is 14.3. The van der Waals surface area contributed by atoms with Crippen molar-refractivity contribution in [2.24, 2.45) is 0 Å². The minimum Gasteiger partial charge on any atom is -0.486 e. The second kappa shape index (κ2) is 11.0. The summed E-state index contributed by atoms with van der Waals surface area (Å²) in [5, 5.41) is 13.4. The fourth-order valence-electron chi connectivity index (χ4n) is 5.24. The molecule has 0 bridgehead atoms. The van der Waals surface area contributed by atoms with E-state index in [0.29, 0.717) is 32.1 Å². The number of anilines is 1. The fourth-order valence-corrected chi connectivity index (χ4v) is 5.24. The monoisotopic (exact) mass is 499 g/mol. The summed E-state index contributed by atoms with van der Waals surface area (Å²) in [5.41, 5.74) is 2.68. The summed E-state index contributed by atoms with van der Waals surface area (Å²) in [4.78, 5) is 18.9. The number of ether oxygens (including phenoxy) is 3. The van der Waals surface area contributed by atoms with Gasteiger partial charge in [0.05, 0.1) is 6.10 Å². The molecule has 0 amide bonds. The number of nitrogens with zero attached hydrogens (tertiary/aromatic N) is 2. The minimum absolute atomic E-state index is 0.0570. The van der Waals surface area contributed by atoms with E-state index in [1.54, 1.807) is 0 Å². The zero-order chi connectivity index (χ0) is 25.1. The Balaban J connectivity index is 1.13. The molecule has 3 atom stereocenters.